The normalized spacial score (nSPS) is 10.4. The van der Waals surface area contributed by atoms with Crippen molar-refractivity contribution in [3.05, 3.63) is 69.2 Å². The van der Waals surface area contributed by atoms with Crippen LogP contribution in [0.2, 0.25) is 0 Å². The molecular formula is C16H15BrO. The summed E-state index contributed by atoms with van der Waals surface area (Å²) in [5.74, 6) is 0.0800. The molecule has 0 N–H and O–H groups in total. The average molecular weight is 303 g/mol. The van der Waals surface area contributed by atoms with Crippen molar-refractivity contribution in [1.82, 2.24) is 0 Å². The zero-order valence-corrected chi connectivity index (χ0v) is 12.1. The van der Waals surface area contributed by atoms with Gasteiger partial charge in [-0.25, -0.2) is 0 Å². The number of hydrogen-bond donors (Lipinski definition) is 0. The second kappa shape index (κ2) is 5.49. The van der Waals surface area contributed by atoms with Crippen molar-refractivity contribution in [2.24, 2.45) is 0 Å². The largest absolute Gasteiger partial charge is 0.289 e. The van der Waals surface area contributed by atoms with Crippen LogP contribution in [-0.4, -0.2) is 5.78 Å². The molecule has 0 saturated carbocycles. The maximum atomic E-state index is 12.4. The number of rotatable bonds is 3. The van der Waals surface area contributed by atoms with E-state index in [-0.39, 0.29) is 5.78 Å². The molecule has 0 aliphatic heterocycles. The van der Waals surface area contributed by atoms with Gasteiger partial charge in [0.15, 0.2) is 5.78 Å². The van der Waals surface area contributed by atoms with Crippen molar-refractivity contribution in [2.45, 2.75) is 20.3 Å². The Morgan fingerprint density at radius 3 is 2.39 bits per heavy atom. The Kier molecular flexibility index (Phi) is 3.97. The van der Waals surface area contributed by atoms with Gasteiger partial charge in [-0.3, -0.25) is 4.79 Å². The summed E-state index contributed by atoms with van der Waals surface area (Å²) < 4.78 is 0.932. The highest BCUT2D eigenvalue weighted by molar-refractivity contribution is 9.10. The lowest BCUT2D eigenvalue weighted by molar-refractivity contribution is 0.103. The Morgan fingerprint density at radius 2 is 1.78 bits per heavy atom. The van der Waals surface area contributed by atoms with Crippen LogP contribution in [0.5, 0.6) is 0 Å². The summed E-state index contributed by atoms with van der Waals surface area (Å²) >= 11 is 3.41. The lowest BCUT2D eigenvalue weighted by Gasteiger charge is -2.06. The van der Waals surface area contributed by atoms with E-state index < -0.39 is 0 Å². The fourth-order valence-electron chi connectivity index (χ4n) is 1.89. The Bertz CT molecular complexity index is 570. The molecule has 0 aliphatic rings. The molecule has 18 heavy (non-hydrogen) atoms. The Morgan fingerprint density at radius 1 is 1.11 bits per heavy atom. The average Bonchev–Trinajstić information content (AvgIpc) is 2.41. The summed E-state index contributed by atoms with van der Waals surface area (Å²) in [5, 5.41) is 0. The second-order valence-corrected chi connectivity index (χ2v) is 5.25. The SMILES string of the molecule is CCc1ccc(C(=O)c2cc(Br)ccc2C)cc1. The summed E-state index contributed by atoms with van der Waals surface area (Å²) in [6, 6.07) is 13.6. The van der Waals surface area contributed by atoms with Gasteiger partial charge in [0.2, 0.25) is 0 Å². The van der Waals surface area contributed by atoms with Gasteiger partial charge in [-0.2, -0.15) is 0 Å². The molecule has 0 aromatic heterocycles. The molecule has 92 valence electrons. The molecule has 0 unspecified atom stereocenters. The maximum absolute atomic E-state index is 12.4. The van der Waals surface area contributed by atoms with E-state index >= 15 is 0 Å². The summed E-state index contributed by atoms with van der Waals surface area (Å²) in [4.78, 5) is 12.4. The molecule has 0 atom stereocenters. The molecule has 0 spiro atoms. The van der Waals surface area contributed by atoms with Gasteiger partial charge in [0, 0.05) is 15.6 Å². The summed E-state index contributed by atoms with van der Waals surface area (Å²) in [6.45, 7) is 4.06. The monoisotopic (exact) mass is 302 g/mol. The molecule has 0 amide bonds. The first kappa shape index (κ1) is 13.0. The van der Waals surface area contributed by atoms with Gasteiger partial charge in [0.05, 0.1) is 0 Å². The zero-order chi connectivity index (χ0) is 13.1. The van der Waals surface area contributed by atoms with Crippen LogP contribution in [-0.2, 0) is 6.42 Å². The molecule has 2 aromatic carbocycles. The van der Waals surface area contributed by atoms with E-state index in [1.54, 1.807) is 0 Å². The summed E-state index contributed by atoms with van der Waals surface area (Å²) in [5.41, 5.74) is 3.75. The Hall–Kier alpha value is -1.41. The molecule has 0 saturated heterocycles. The fraction of sp³-hybridized carbons (Fsp3) is 0.188. The zero-order valence-electron chi connectivity index (χ0n) is 10.5. The number of benzene rings is 2. The first-order valence-electron chi connectivity index (χ1n) is 6.01. The highest BCUT2D eigenvalue weighted by atomic mass is 79.9. The minimum atomic E-state index is 0.0800. The molecule has 2 aromatic rings. The number of ketones is 1. The van der Waals surface area contributed by atoms with E-state index in [9.17, 15) is 4.79 Å². The Balaban J connectivity index is 2.38. The molecule has 0 fully saturated rings. The van der Waals surface area contributed by atoms with Crippen molar-refractivity contribution in [3.63, 3.8) is 0 Å². The first-order chi connectivity index (χ1) is 8.61. The van der Waals surface area contributed by atoms with Crippen LogP contribution in [0.3, 0.4) is 0 Å². The van der Waals surface area contributed by atoms with Crippen molar-refractivity contribution < 1.29 is 4.79 Å². The van der Waals surface area contributed by atoms with Gasteiger partial charge in [-0.1, -0.05) is 53.2 Å². The van der Waals surface area contributed by atoms with Gasteiger partial charge in [0.25, 0.3) is 0 Å². The van der Waals surface area contributed by atoms with E-state index in [4.69, 9.17) is 0 Å². The highest BCUT2D eigenvalue weighted by Crippen LogP contribution is 2.19. The van der Waals surface area contributed by atoms with Gasteiger partial charge >= 0.3 is 0 Å². The van der Waals surface area contributed by atoms with E-state index in [1.807, 2.05) is 49.4 Å². The van der Waals surface area contributed by atoms with Crippen LogP contribution in [0.15, 0.2) is 46.9 Å². The van der Waals surface area contributed by atoms with E-state index in [2.05, 4.69) is 22.9 Å². The quantitative estimate of drug-likeness (QED) is 0.760. The molecule has 0 bridgehead atoms. The smallest absolute Gasteiger partial charge is 0.193 e. The van der Waals surface area contributed by atoms with Crippen molar-refractivity contribution in [3.8, 4) is 0 Å². The molecular weight excluding hydrogens is 288 g/mol. The van der Waals surface area contributed by atoms with Gasteiger partial charge < -0.3 is 0 Å². The minimum Gasteiger partial charge on any atom is -0.289 e. The summed E-state index contributed by atoms with van der Waals surface area (Å²) in [6.07, 6.45) is 0.990. The molecule has 2 heteroatoms. The lowest BCUT2D eigenvalue weighted by atomic mass is 9.98. The van der Waals surface area contributed by atoms with Crippen LogP contribution in [0, 0.1) is 6.92 Å². The standard InChI is InChI=1S/C16H15BrO/c1-3-12-5-7-13(8-6-12)16(18)15-10-14(17)9-4-11(15)2/h4-10H,3H2,1-2H3. The van der Waals surface area contributed by atoms with Gasteiger partial charge in [-0.05, 0) is 36.6 Å². The van der Waals surface area contributed by atoms with Crippen LogP contribution < -0.4 is 0 Å². The topological polar surface area (TPSA) is 17.1 Å². The number of halogens is 1. The van der Waals surface area contributed by atoms with Crippen LogP contribution in [0.1, 0.15) is 34.0 Å². The van der Waals surface area contributed by atoms with Crippen LogP contribution >= 0.6 is 15.9 Å². The minimum absolute atomic E-state index is 0.0800. The maximum Gasteiger partial charge on any atom is 0.193 e. The van der Waals surface area contributed by atoms with Crippen molar-refractivity contribution >= 4 is 21.7 Å². The predicted molar refractivity (Wildman–Crippen MR) is 78.1 cm³/mol. The highest BCUT2D eigenvalue weighted by Gasteiger charge is 2.11. The molecule has 0 heterocycles. The van der Waals surface area contributed by atoms with E-state index in [0.717, 1.165) is 27.6 Å². The lowest BCUT2D eigenvalue weighted by Crippen LogP contribution is -2.03. The van der Waals surface area contributed by atoms with Crippen LogP contribution in [0.4, 0.5) is 0 Å². The third-order valence-electron chi connectivity index (χ3n) is 3.07. The second-order valence-electron chi connectivity index (χ2n) is 4.34. The molecule has 0 aliphatic carbocycles. The number of carbonyl (C=O) groups is 1. The van der Waals surface area contributed by atoms with Crippen molar-refractivity contribution in [2.75, 3.05) is 0 Å². The van der Waals surface area contributed by atoms with Gasteiger partial charge in [-0.15, -0.1) is 0 Å². The predicted octanol–water partition coefficient (Wildman–Crippen LogP) is 4.55. The third-order valence-corrected chi connectivity index (χ3v) is 3.56. The first-order valence-corrected chi connectivity index (χ1v) is 6.81. The number of hydrogen-bond acceptors (Lipinski definition) is 1. The fourth-order valence-corrected chi connectivity index (χ4v) is 2.25. The Labute approximate surface area is 116 Å². The number of carbonyl (C=O) groups excluding carboxylic acids is 1. The van der Waals surface area contributed by atoms with E-state index in [1.165, 1.54) is 5.56 Å². The van der Waals surface area contributed by atoms with Crippen LogP contribution in [0.25, 0.3) is 0 Å². The van der Waals surface area contributed by atoms with E-state index in [0.29, 0.717) is 0 Å². The van der Waals surface area contributed by atoms with Crippen molar-refractivity contribution in [1.29, 1.82) is 0 Å². The molecule has 2 rings (SSSR count). The third kappa shape index (κ3) is 2.70. The number of aryl methyl sites for hydroxylation is 2. The van der Waals surface area contributed by atoms with Gasteiger partial charge in [0.1, 0.15) is 0 Å². The molecule has 1 nitrogen and oxygen atoms in total. The summed E-state index contributed by atoms with van der Waals surface area (Å²) in [7, 11) is 0. The molecule has 0 radical (unpaired) electrons.